The Balaban J connectivity index is 4.03. The second-order valence-corrected chi connectivity index (χ2v) is 22.1. The summed E-state index contributed by atoms with van der Waals surface area (Å²) in [6.07, 6.45) is 55.7. The van der Waals surface area contributed by atoms with E-state index >= 15 is 0 Å². The number of nitrogens with zero attached hydrogens (tertiary/aromatic N) is 1. The van der Waals surface area contributed by atoms with E-state index in [0.29, 0.717) is 23.9 Å². The van der Waals surface area contributed by atoms with E-state index in [4.69, 9.17) is 18.5 Å². The first kappa shape index (κ1) is 64.8. The molecular weight excluding hydrogens is 846 g/mol. The summed E-state index contributed by atoms with van der Waals surface area (Å²) in [6.45, 7) is 4.48. The van der Waals surface area contributed by atoms with E-state index < -0.39 is 26.5 Å². The normalized spacial score (nSPS) is 13.4. The summed E-state index contributed by atoms with van der Waals surface area (Å²) in [7, 11) is 1.50. The molecule has 9 nitrogen and oxygen atoms in total. The average Bonchev–Trinajstić information content (AvgIpc) is 3.27. The lowest BCUT2D eigenvalue weighted by molar-refractivity contribution is -0.870. The Morgan fingerprint density at radius 1 is 0.455 bits per heavy atom. The first-order valence-corrected chi connectivity index (χ1v) is 29.9. The van der Waals surface area contributed by atoms with Gasteiger partial charge in [0, 0.05) is 12.8 Å². The van der Waals surface area contributed by atoms with E-state index in [1.54, 1.807) is 0 Å². The van der Waals surface area contributed by atoms with Gasteiger partial charge in [0.2, 0.25) is 0 Å². The lowest BCUT2D eigenvalue weighted by Gasteiger charge is -2.24. The van der Waals surface area contributed by atoms with Gasteiger partial charge in [0.15, 0.2) is 6.10 Å². The van der Waals surface area contributed by atoms with Gasteiger partial charge in [-0.1, -0.05) is 244 Å². The van der Waals surface area contributed by atoms with E-state index in [1.807, 2.05) is 21.1 Å². The maximum Gasteiger partial charge on any atom is 0.472 e. The van der Waals surface area contributed by atoms with E-state index in [0.717, 1.165) is 32.1 Å². The van der Waals surface area contributed by atoms with E-state index in [2.05, 4.69) is 26.0 Å². The highest BCUT2D eigenvalue weighted by Crippen LogP contribution is 2.43. The van der Waals surface area contributed by atoms with Crippen LogP contribution in [0.2, 0.25) is 0 Å². The molecule has 0 aliphatic carbocycles. The number of ether oxygens (including phenoxy) is 2. The molecule has 2 atom stereocenters. The van der Waals surface area contributed by atoms with Crippen molar-refractivity contribution in [3.8, 4) is 0 Å². The van der Waals surface area contributed by atoms with Crippen molar-refractivity contribution in [3.05, 3.63) is 12.2 Å². The molecule has 0 aromatic rings. The summed E-state index contributed by atoms with van der Waals surface area (Å²) >= 11 is 0. The number of carbonyl (C=O) groups is 2. The number of hydrogen-bond donors (Lipinski definition) is 1. The maximum atomic E-state index is 12.8. The highest BCUT2D eigenvalue weighted by atomic mass is 31.2. The predicted molar refractivity (Wildman–Crippen MR) is 280 cm³/mol. The molecule has 0 saturated heterocycles. The Bertz CT molecular complexity index is 1130. The minimum Gasteiger partial charge on any atom is -0.462 e. The molecule has 2 unspecified atom stereocenters. The molecule has 0 fully saturated rings. The Kier molecular flexibility index (Phi) is 47.8. The zero-order valence-corrected chi connectivity index (χ0v) is 45.4. The summed E-state index contributed by atoms with van der Waals surface area (Å²) in [5.74, 6) is -0.780. The second-order valence-electron chi connectivity index (χ2n) is 20.7. The number of unbranched alkanes of at least 4 members (excludes halogenated alkanes) is 37. The van der Waals surface area contributed by atoms with E-state index in [9.17, 15) is 19.0 Å². The van der Waals surface area contributed by atoms with Crippen LogP contribution in [0, 0.1) is 0 Å². The lowest BCUT2D eigenvalue weighted by atomic mass is 10.0. The van der Waals surface area contributed by atoms with Crippen LogP contribution in [0.4, 0.5) is 0 Å². The van der Waals surface area contributed by atoms with Crippen molar-refractivity contribution >= 4 is 19.8 Å². The molecule has 0 bridgehead atoms. The number of phosphoric acid groups is 1. The van der Waals surface area contributed by atoms with Crippen LogP contribution >= 0.6 is 7.82 Å². The van der Waals surface area contributed by atoms with Gasteiger partial charge in [-0.05, 0) is 38.5 Å². The third kappa shape index (κ3) is 52.1. The zero-order chi connectivity index (χ0) is 48.5. The monoisotopic (exact) mass is 957 g/mol. The molecule has 0 aromatic carbocycles. The van der Waals surface area contributed by atoms with Crippen LogP contribution in [0.15, 0.2) is 12.2 Å². The number of rotatable bonds is 53. The molecule has 392 valence electrons. The van der Waals surface area contributed by atoms with Crippen molar-refractivity contribution in [1.29, 1.82) is 0 Å². The van der Waals surface area contributed by atoms with Gasteiger partial charge in [0.25, 0.3) is 0 Å². The molecule has 0 radical (unpaired) electrons. The Labute approximate surface area is 409 Å². The number of esters is 2. The summed E-state index contributed by atoms with van der Waals surface area (Å²) < 4.78 is 34.5. The number of phosphoric ester groups is 1. The summed E-state index contributed by atoms with van der Waals surface area (Å²) in [6, 6.07) is 0. The van der Waals surface area contributed by atoms with Crippen LogP contribution in [0.3, 0.4) is 0 Å². The van der Waals surface area contributed by atoms with Gasteiger partial charge in [-0.3, -0.25) is 18.6 Å². The fraction of sp³-hybridized carbons (Fsp3) is 0.929. The topological polar surface area (TPSA) is 108 Å². The molecule has 66 heavy (non-hydrogen) atoms. The fourth-order valence-electron chi connectivity index (χ4n) is 8.37. The number of quaternary nitrogens is 1. The van der Waals surface area contributed by atoms with Crippen LogP contribution < -0.4 is 0 Å². The van der Waals surface area contributed by atoms with Crippen LogP contribution in [-0.2, 0) is 32.7 Å². The smallest absolute Gasteiger partial charge is 0.462 e. The molecule has 0 aliphatic heterocycles. The molecule has 0 aromatic heterocycles. The minimum atomic E-state index is -4.37. The third-order valence-corrected chi connectivity index (χ3v) is 13.8. The molecule has 0 amide bonds. The van der Waals surface area contributed by atoms with Crippen molar-refractivity contribution in [2.75, 3.05) is 47.5 Å². The quantitative estimate of drug-likeness (QED) is 0.0211. The molecule has 0 spiro atoms. The van der Waals surface area contributed by atoms with E-state index in [-0.39, 0.29) is 25.6 Å². The maximum absolute atomic E-state index is 12.8. The Morgan fingerprint density at radius 2 is 0.773 bits per heavy atom. The summed E-state index contributed by atoms with van der Waals surface area (Å²) in [4.78, 5) is 35.6. The minimum absolute atomic E-state index is 0.0360. The average molecular weight is 957 g/mol. The molecule has 0 rings (SSSR count). The SMILES string of the molecule is CCCCCCCCCC/C=C\CCCCCCCCCCCCCCCCCCCC(=O)OC(COC(=O)CCCCCCCCCCCCCCC)COP(=O)(O)OCC[N+](C)(C)C. The molecule has 0 aliphatic rings. The molecule has 0 saturated carbocycles. The van der Waals surface area contributed by atoms with E-state index in [1.165, 1.54) is 218 Å². The largest absolute Gasteiger partial charge is 0.472 e. The van der Waals surface area contributed by atoms with Crippen LogP contribution in [0.1, 0.15) is 284 Å². The standard InChI is InChI=1S/C56H110NO8P/c1-6-8-10-12-14-16-18-20-21-22-23-24-25-26-27-28-29-30-31-32-33-34-35-37-39-41-43-45-47-49-56(59)65-54(53-64-66(60,61)63-51-50-57(3,4)5)52-62-55(58)48-46-44-42-40-38-36-19-17-15-13-11-9-7-2/h22-23,54H,6-21,24-53H2,1-5H3/p+1/b23-22-. The van der Waals surface area contributed by atoms with Crippen LogP contribution in [0.25, 0.3) is 0 Å². The summed E-state index contributed by atoms with van der Waals surface area (Å²) in [5.41, 5.74) is 0. The molecular formula is C56H111NO8P+. The zero-order valence-electron chi connectivity index (χ0n) is 44.5. The first-order valence-electron chi connectivity index (χ1n) is 28.4. The molecule has 1 N–H and O–H groups in total. The van der Waals surface area contributed by atoms with Crippen molar-refractivity contribution in [1.82, 2.24) is 0 Å². The van der Waals surface area contributed by atoms with Gasteiger partial charge in [-0.2, -0.15) is 0 Å². The van der Waals surface area contributed by atoms with Crippen molar-refractivity contribution in [3.63, 3.8) is 0 Å². The van der Waals surface area contributed by atoms with Crippen LogP contribution in [-0.4, -0.2) is 74.9 Å². The van der Waals surface area contributed by atoms with Gasteiger partial charge in [0.1, 0.15) is 19.8 Å². The second kappa shape index (κ2) is 48.8. The van der Waals surface area contributed by atoms with Gasteiger partial charge in [-0.25, -0.2) is 4.57 Å². The number of hydrogen-bond acceptors (Lipinski definition) is 7. The Morgan fingerprint density at radius 3 is 1.12 bits per heavy atom. The van der Waals surface area contributed by atoms with Crippen molar-refractivity contribution in [2.24, 2.45) is 0 Å². The first-order chi connectivity index (χ1) is 32.0. The third-order valence-electron chi connectivity index (χ3n) is 12.8. The number of allylic oxidation sites excluding steroid dienone is 2. The summed E-state index contributed by atoms with van der Waals surface area (Å²) in [5, 5.41) is 0. The number of carbonyl (C=O) groups excluding carboxylic acids is 2. The van der Waals surface area contributed by atoms with Gasteiger partial charge in [-0.15, -0.1) is 0 Å². The number of likely N-dealkylation sites (N-methyl/N-ethyl adjacent to an activating group) is 1. The molecule has 10 heteroatoms. The Hall–Kier alpha value is -1.25. The molecule has 0 heterocycles. The van der Waals surface area contributed by atoms with Gasteiger partial charge >= 0.3 is 19.8 Å². The highest BCUT2D eigenvalue weighted by molar-refractivity contribution is 7.47. The van der Waals surface area contributed by atoms with Crippen molar-refractivity contribution in [2.45, 2.75) is 290 Å². The lowest BCUT2D eigenvalue weighted by Crippen LogP contribution is -2.37. The van der Waals surface area contributed by atoms with Gasteiger partial charge in [0.05, 0.1) is 27.7 Å². The van der Waals surface area contributed by atoms with Gasteiger partial charge < -0.3 is 18.9 Å². The fourth-order valence-corrected chi connectivity index (χ4v) is 9.11. The van der Waals surface area contributed by atoms with Crippen LogP contribution in [0.5, 0.6) is 0 Å². The predicted octanol–water partition coefficient (Wildman–Crippen LogP) is 17.3. The van der Waals surface area contributed by atoms with Crippen molar-refractivity contribution < 1.29 is 42.1 Å². The highest BCUT2D eigenvalue weighted by Gasteiger charge is 2.27.